The number of hydrogen-bond donors (Lipinski definition) is 0. The van der Waals surface area contributed by atoms with E-state index in [1.807, 2.05) is 11.0 Å². The summed E-state index contributed by atoms with van der Waals surface area (Å²) in [6, 6.07) is 2.24. The lowest BCUT2D eigenvalue weighted by atomic mass is 9.94. The fraction of sp³-hybridized carbons (Fsp3) is 0.615. The van der Waals surface area contributed by atoms with Gasteiger partial charge in [-0.1, -0.05) is 19.3 Å². The largest absolute Gasteiger partial charge is 0.334 e. The second-order valence-corrected chi connectivity index (χ2v) is 8.84. The van der Waals surface area contributed by atoms with Crippen molar-refractivity contribution in [3.8, 4) is 0 Å². The van der Waals surface area contributed by atoms with Crippen LogP contribution in [0.3, 0.4) is 0 Å². The third-order valence-corrected chi connectivity index (χ3v) is 6.00. The van der Waals surface area contributed by atoms with Gasteiger partial charge < -0.3 is 4.90 Å². The van der Waals surface area contributed by atoms with Crippen molar-refractivity contribution in [2.75, 3.05) is 12.4 Å². The molecule has 0 N–H and O–H groups in total. The molecule has 106 valence electrons. The molecule has 1 aromatic rings. The maximum atomic E-state index is 12.7. The summed E-state index contributed by atoms with van der Waals surface area (Å²) in [7, 11) is 0. The fourth-order valence-corrected chi connectivity index (χ4v) is 5.53. The SMILES string of the molecule is O=C(c1cc(Br)sc1Br)N(CCCl)C1CCCCC1. The van der Waals surface area contributed by atoms with Gasteiger partial charge in [-0.3, -0.25) is 4.79 Å². The maximum Gasteiger partial charge on any atom is 0.256 e. The first-order valence-electron chi connectivity index (χ1n) is 6.45. The van der Waals surface area contributed by atoms with E-state index in [0.29, 0.717) is 18.5 Å². The van der Waals surface area contributed by atoms with Gasteiger partial charge >= 0.3 is 0 Å². The molecule has 1 aliphatic rings. The Morgan fingerprint density at radius 1 is 1.37 bits per heavy atom. The molecule has 0 bridgehead atoms. The zero-order valence-corrected chi connectivity index (χ0v) is 15.2. The summed E-state index contributed by atoms with van der Waals surface area (Å²) >= 11 is 14.3. The number of carbonyl (C=O) groups excluding carboxylic acids is 1. The number of carbonyl (C=O) groups is 1. The topological polar surface area (TPSA) is 20.3 Å². The number of thiophene rings is 1. The predicted molar refractivity (Wildman–Crippen MR) is 88.3 cm³/mol. The Labute approximate surface area is 139 Å². The number of hydrogen-bond acceptors (Lipinski definition) is 2. The van der Waals surface area contributed by atoms with Crippen LogP contribution >= 0.6 is 54.8 Å². The Kier molecular flexibility index (Phi) is 6.18. The van der Waals surface area contributed by atoms with Gasteiger partial charge in [0.1, 0.15) is 0 Å². The highest BCUT2D eigenvalue weighted by Gasteiger charge is 2.27. The van der Waals surface area contributed by atoms with Crippen molar-refractivity contribution >= 4 is 60.7 Å². The molecule has 1 saturated carbocycles. The number of rotatable bonds is 4. The quantitative estimate of drug-likeness (QED) is 0.596. The van der Waals surface area contributed by atoms with Crippen LogP contribution in [-0.4, -0.2) is 29.3 Å². The zero-order valence-electron chi connectivity index (χ0n) is 10.5. The van der Waals surface area contributed by atoms with E-state index >= 15 is 0 Å². The van der Waals surface area contributed by atoms with Gasteiger partial charge in [0.15, 0.2) is 0 Å². The molecule has 1 aliphatic carbocycles. The van der Waals surface area contributed by atoms with Crippen LogP contribution < -0.4 is 0 Å². The average molecular weight is 430 g/mol. The van der Waals surface area contributed by atoms with Crippen LogP contribution in [0.15, 0.2) is 13.6 Å². The molecular formula is C13H16Br2ClNOS. The minimum absolute atomic E-state index is 0.0985. The van der Waals surface area contributed by atoms with Crippen LogP contribution in [0.4, 0.5) is 0 Å². The van der Waals surface area contributed by atoms with E-state index in [4.69, 9.17) is 11.6 Å². The van der Waals surface area contributed by atoms with Crippen molar-refractivity contribution in [2.24, 2.45) is 0 Å². The van der Waals surface area contributed by atoms with Crippen LogP contribution in [0.25, 0.3) is 0 Å². The highest BCUT2D eigenvalue weighted by molar-refractivity contribution is 9.12. The molecule has 6 heteroatoms. The Morgan fingerprint density at radius 2 is 2.05 bits per heavy atom. The van der Waals surface area contributed by atoms with Gasteiger partial charge in [0.2, 0.25) is 0 Å². The summed E-state index contributed by atoms with van der Waals surface area (Å²) in [5.41, 5.74) is 0.743. The Hall–Kier alpha value is 0.420. The normalized spacial score (nSPS) is 16.6. The van der Waals surface area contributed by atoms with Crippen LogP contribution in [0.5, 0.6) is 0 Å². The molecule has 1 aromatic heterocycles. The van der Waals surface area contributed by atoms with E-state index < -0.39 is 0 Å². The van der Waals surface area contributed by atoms with E-state index in [9.17, 15) is 4.79 Å². The van der Waals surface area contributed by atoms with Crippen molar-refractivity contribution < 1.29 is 4.79 Å². The summed E-state index contributed by atoms with van der Waals surface area (Å²) in [5.74, 6) is 0.590. The molecule has 1 heterocycles. The predicted octanol–water partition coefficient (Wildman–Crippen LogP) is 5.29. The fourth-order valence-electron chi connectivity index (χ4n) is 2.57. The van der Waals surface area contributed by atoms with Crippen LogP contribution in [-0.2, 0) is 0 Å². The van der Waals surface area contributed by atoms with Gasteiger partial charge in [0.25, 0.3) is 5.91 Å². The van der Waals surface area contributed by atoms with Gasteiger partial charge in [-0.15, -0.1) is 22.9 Å². The van der Waals surface area contributed by atoms with E-state index in [1.54, 1.807) is 0 Å². The molecule has 0 atom stereocenters. The van der Waals surface area contributed by atoms with Crippen molar-refractivity contribution in [1.29, 1.82) is 0 Å². The van der Waals surface area contributed by atoms with E-state index in [0.717, 1.165) is 26.0 Å². The molecule has 2 rings (SSSR count). The minimum Gasteiger partial charge on any atom is -0.334 e. The number of amides is 1. The Balaban J connectivity index is 2.17. The third-order valence-electron chi connectivity index (χ3n) is 3.49. The maximum absolute atomic E-state index is 12.7. The standard InChI is InChI=1S/C13H16Br2ClNOS/c14-11-8-10(12(15)19-11)13(18)17(7-6-16)9-4-2-1-3-5-9/h8-9H,1-7H2. The van der Waals surface area contributed by atoms with E-state index in [2.05, 4.69) is 31.9 Å². The van der Waals surface area contributed by atoms with Crippen molar-refractivity contribution in [3.05, 3.63) is 19.2 Å². The molecule has 1 fully saturated rings. The van der Waals surface area contributed by atoms with Gasteiger partial charge in [-0.25, -0.2) is 0 Å². The van der Waals surface area contributed by atoms with Crippen molar-refractivity contribution in [3.63, 3.8) is 0 Å². The van der Waals surface area contributed by atoms with Crippen LogP contribution in [0.2, 0.25) is 0 Å². The second-order valence-electron chi connectivity index (χ2n) is 4.72. The highest BCUT2D eigenvalue weighted by Crippen LogP contribution is 2.34. The van der Waals surface area contributed by atoms with Gasteiger partial charge in [-0.05, 0) is 50.8 Å². The van der Waals surface area contributed by atoms with Crippen LogP contribution in [0, 0.1) is 0 Å². The molecular weight excluding hydrogens is 413 g/mol. The summed E-state index contributed by atoms with van der Waals surface area (Å²) < 4.78 is 1.86. The van der Waals surface area contributed by atoms with Gasteiger partial charge in [0, 0.05) is 18.5 Å². The molecule has 0 spiro atoms. The lowest BCUT2D eigenvalue weighted by molar-refractivity contribution is 0.0649. The van der Waals surface area contributed by atoms with Crippen molar-refractivity contribution in [2.45, 2.75) is 38.1 Å². The van der Waals surface area contributed by atoms with Crippen LogP contribution in [0.1, 0.15) is 42.5 Å². The first-order valence-corrected chi connectivity index (χ1v) is 9.39. The summed E-state index contributed by atoms with van der Waals surface area (Å²) in [5, 5.41) is 0. The summed E-state index contributed by atoms with van der Waals surface area (Å²) in [4.78, 5) is 14.7. The molecule has 0 radical (unpaired) electrons. The first-order chi connectivity index (χ1) is 9.13. The lowest BCUT2D eigenvalue weighted by Gasteiger charge is -2.34. The molecule has 2 nitrogen and oxygen atoms in total. The Bertz CT molecular complexity index is 446. The average Bonchev–Trinajstić information content (AvgIpc) is 2.75. The number of alkyl halides is 1. The zero-order chi connectivity index (χ0) is 13.8. The lowest BCUT2D eigenvalue weighted by Crippen LogP contribution is -2.42. The smallest absolute Gasteiger partial charge is 0.256 e. The highest BCUT2D eigenvalue weighted by atomic mass is 79.9. The summed E-state index contributed by atoms with van der Waals surface area (Å²) in [6.07, 6.45) is 5.92. The first kappa shape index (κ1) is 15.8. The second kappa shape index (κ2) is 7.43. The molecule has 0 unspecified atom stereocenters. The van der Waals surface area contributed by atoms with Gasteiger partial charge in [-0.2, -0.15) is 0 Å². The third kappa shape index (κ3) is 3.96. The van der Waals surface area contributed by atoms with Gasteiger partial charge in [0.05, 0.1) is 13.1 Å². The molecule has 0 aliphatic heterocycles. The van der Waals surface area contributed by atoms with Crippen molar-refractivity contribution in [1.82, 2.24) is 4.90 Å². The number of nitrogens with zero attached hydrogens (tertiary/aromatic N) is 1. The molecule has 0 saturated heterocycles. The molecule has 1 amide bonds. The summed E-state index contributed by atoms with van der Waals surface area (Å²) in [6.45, 7) is 0.630. The molecule has 0 aromatic carbocycles. The molecule has 19 heavy (non-hydrogen) atoms. The monoisotopic (exact) mass is 427 g/mol. The van der Waals surface area contributed by atoms with E-state index in [-0.39, 0.29) is 5.91 Å². The Morgan fingerprint density at radius 3 is 2.58 bits per heavy atom. The number of halogens is 3. The minimum atomic E-state index is 0.0985. The van der Waals surface area contributed by atoms with E-state index in [1.165, 1.54) is 30.6 Å².